The van der Waals surface area contributed by atoms with E-state index < -0.39 is 15.8 Å². The third kappa shape index (κ3) is 3.35. The standard InChI is InChI=1S/C17H12N4O6/c1-10-15(9-11-8-14(21(26)27)6-7-16(11)22)17(23)19(18-10)12-2-4-13(5-3-12)20(24)25/h2-9,22H,1H3/b15-9-. The van der Waals surface area contributed by atoms with E-state index >= 15 is 0 Å². The molecule has 0 unspecified atom stereocenters. The van der Waals surface area contributed by atoms with E-state index in [9.17, 15) is 30.1 Å². The molecule has 0 saturated carbocycles. The molecule has 0 aliphatic carbocycles. The van der Waals surface area contributed by atoms with Gasteiger partial charge in [0.25, 0.3) is 17.3 Å². The highest BCUT2D eigenvalue weighted by molar-refractivity contribution is 6.32. The fourth-order valence-electron chi connectivity index (χ4n) is 2.50. The minimum absolute atomic E-state index is 0.104. The van der Waals surface area contributed by atoms with Crippen LogP contribution in [0.4, 0.5) is 17.1 Å². The van der Waals surface area contributed by atoms with E-state index in [1.807, 2.05) is 0 Å². The molecule has 0 spiro atoms. The van der Waals surface area contributed by atoms with Crippen LogP contribution >= 0.6 is 0 Å². The van der Waals surface area contributed by atoms with Crippen LogP contribution < -0.4 is 5.01 Å². The highest BCUT2D eigenvalue weighted by atomic mass is 16.6. The summed E-state index contributed by atoms with van der Waals surface area (Å²) in [6, 6.07) is 8.75. The maximum absolute atomic E-state index is 12.7. The van der Waals surface area contributed by atoms with Crippen LogP contribution in [0.15, 0.2) is 53.1 Å². The zero-order chi connectivity index (χ0) is 19.7. The van der Waals surface area contributed by atoms with Gasteiger partial charge in [0.05, 0.1) is 26.8 Å². The highest BCUT2D eigenvalue weighted by Gasteiger charge is 2.29. The first kappa shape index (κ1) is 17.7. The van der Waals surface area contributed by atoms with E-state index in [1.54, 1.807) is 6.92 Å². The number of rotatable bonds is 4. The highest BCUT2D eigenvalue weighted by Crippen LogP contribution is 2.30. The van der Waals surface area contributed by atoms with Crippen molar-refractivity contribution in [2.75, 3.05) is 5.01 Å². The van der Waals surface area contributed by atoms with Crippen molar-refractivity contribution in [2.24, 2.45) is 5.10 Å². The lowest BCUT2D eigenvalue weighted by Crippen LogP contribution is -2.21. The molecule has 2 aromatic rings. The Balaban J connectivity index is 1.96. The van der Waals surface area contributed by atoms with E-state index in [0.717, 1.165) is 17.1 Å². The fourth-order valence-corrected chi connectivity index (χ4v) is 2.50. The number of phenolic OH excluding ortho intramolecular Hbond substituents is 1. The third-order valence-electron chi connectivity index (χ3n) is 3.89. The first-order chi connectivity index (χ1) is 12.8. The average molecular weight is 368 g/mol. The van der Waals surface area contributed by atoms with Crippen molar-refractivity contribution in [2.45, 2.75) is 6.92 Å². The largest absolute Gasteiger partial charge is 0.507 e. The van der Waals surface area contributed by atoms with Crippen LogP contribution in [0.3, 0.4) is 0 Å². The topological polar surface area (TPSA) is 139 Å². The minimum atomic E-state index is -0.609. The molecule has 3 rings (SSSR count). The van der Waals surface area contributed by atoms with Gasteiger partial charge < -0.3 is 5.11 Å². The first-order valence-corrected chi connectivity index (χ1v) is 7.61. The molecule has 1 amide bonds. The minimum Gasteiger partial charge on any atom is -0.507 e. The summed E-state index contributed by atoms with van der Waals surface area (Å²) in [6.45, 7) is 1.57. The molecule has 0 radical (unpaired) electrons. The van der Waals surface area contributed by atoms with Crippen molar-refractivity contribution in [3.63, 3.8) is 0 Å². The van der Waals surface area contributed by atoms with Crippen molar-refractivity contribution < 1.29 is 19.7 Å². The van der Waals surface area contributed by atoms with Gasteiger partial charge in [-0.1, -0.05) is 0 Å². The van der Waals surface area contributed by atoms with Crippen molar-refractivity contribution in [3.05, 3.63) is 73.8 Å². The summed E-state index contributed by atoms with van der Waals surface area (Å²) in [5, 5.41) is 36.7. The van der Waals surface area contributed by atoms with Crippen LogP contribution in [0, 0.1) is 20.2 Å². The van der Waals surface area contributed by atoms with Gasteiger partial charge >= 0.3 is 0 Å². The van der Waals surface area contributed by atoms with Crippen LogP contribution in [-0.4, -0.2) is 26.6 Å². The number of nitrogens with zero attached hydrogens (tertiary/aromatic N) is 4. The zero-order valence-electron chi connectivity index (χ0n) is 13.9. The molecule has 0 fully saturated rings. The molecule has 1 aliphatic heterocycles. The van der Waals surface area contributed by atoms with Crippen LogP contribution in [0.1, 0.15) is 12.5 Å². The van der Waals surface area contributed by atoms with Crippen LogP contribution in [0.25, 0.3) is 6.08 Å². The molecule has 0 aromatic heterocycles. The number of amides is 1. The molecule has 10 heteroatoms. The van der Waals surface area contributed by atoms with Gasteiger partial charge in [-0.2, -0.15) is 10.1 Å². The van der Waals surface area contributed by atoms with E-state index in [4.69, 9.17) is 0 Å². The Morgan fingerprint density at radius 3 is 2.22 bits per heavy atom. The van der Waals surface area contributed by atoms with Crippen LogP contribution in [0.5, 0.6) is 5.75 Å². The Morgan fingerprint density at radius 2 is 1.63 bits per heavy atom. The van der Waals surface area contributed by atoms with Gasteiger partial charge in [-0.05, 0) is 31.2 Å². The van der Waals surface area contributed by atoms with Gasteiger partial charge in [0, 0.05) is 29.8 Å². The first-order valence-electron chi connectivity index (χ1n) is 7.61. The molecule has 10 nitrogen and oxygen atoms in total. The van der Waals surface area contributed by atoms with Crippen LogP contribution in [0.2, 0.25) is 0 Å². The predicted octanol–water partition coefficient (Wildman–Crippen LogP) is 3.01. The number of anilines is 1. The number of nitro groups is 2. The Kier molecular flexibility index (Phi) is 4.38. The van der Waals surface area contributed by atoms with Gasteiger partial charge in [-0.3, -0.25) is 25.0 Å². The summed E-state index contributed by atoms with van der Waals surface area (Å²) < 4.78 is 0. The average Bonchev–Trinajstić information content (AvgIpc) is 2.91. The smallest absolute Gasteiger partial charge is 0.280 e. The number of hydrazone groups is 1. The number of carbonyl (C=O) groups is 1. The van der Waals surface area contributed by atoms with E-state index in [0.29, 0.717) is 11.4 Å². The lowest BCUT2D eigenvalue weighted by atomic mass is 10.1. The Bertz CT molecular complexity index is 1030. The second-order valence-corrected chi connectivity index (χ2v) is 5.63. The number of carbonyl (C=O) groups excluding carboxylic acids is 1. The van der Waals surface area contributed by atoms with Gasteiger partial charge in [0.1, 0.15) is 5.75 Å². The molecular formula is C17H12N4O6. The molecule has 0 saturated heterocycles. The number of phenols is 1. The summed E-state index contributed by atoms with van der Waals surface area (Å²) in [7, 11) is 0. The van der Waals surface area contributed by atoms with Gasteiger partial charge in [-0.15, -0.1) is 0 Å². The monoisotopic (exact) mass is 368 g/mol. The molecular weight excluding hydrogens is 356 g/mol. The number of nitro benzene ring substituents is 2. The van der Waals surface area contributed by atoms with Gasteiger partial charge in [-0.25, -0.2) is 0 Å². The second kappa shape index (κ2) is 6.67. The normalized spacial score (nSPS) is 15.1. The third-order valence-corrected chi connectivity index (χ3v) is 3.89. The maximum Gasteiger partial charge on any atom is 0.280 e. The molecule has 27 heavy (non-hydrogen) atoms. The lowest BCUT2D eigenvalue weighted by Gasteiger charge is -2.11. The molecule has 136 valence electrons. The van der Waals surface area contributed by atoms with Crippen molar-refractivity contribution in [1.82, 2.24) is 0 Å². The summed E-state index contributed by atoms with van der Waals surface area (Å²) in [6.07, 6.45) is 1.31. The van der Waals surface area contributed by atoms with E-state index in [2.05, 4.69) is 5.10 Å². The summed E-state index contributed by atoms with van der Waals surface area (Å²) in [5.74, 6) is -0.741. The zero-order valence-corrected chi connectivity index (χ0v) is 13.9. The van der Waals surface area contributed by atoms with E-state index in [-0.39, 0.29) is 28.3 Å². The molecule has 1 aliphatic rings. The number of aromatic hydroxyl groups is 1. The Labute approximate surface area is 152 Å². The quantitative estimate of drug-likeness (QED) is 0.500. The van der Waals surface area contributed by atoms with Gasteiger partial charge in [0.15, 0.2) is 0 Å². The predicted molar refractivity (Wildman–Crippen MR) is 96.4 cm³/mol. The molecule has 0 atom stereocenters. The maximum atomic E-state index is 12.7. The second-order valence-electron chi connectivity index (χ2n) is 5.63. The number of benzene rings is 2. The Morgan fingerprint density at radius 1 is 1.04 bits per heavy atom. The fraction of sp³-hybridized carbons (Fsp3) is 0.0588. The summed E-state index contributed by atoms with van der Waals surface area (Å²) in [4.78, 5) is 33.1. The Hall–Kier alpha value is -4.08. The number of hydrogen-bond acceptors (Lipinski definition) is 7. The number of non-ortho nitro benzene ring substituents is 2. The molecule has 1 N–H and O–H groups in total. The molecule has 2 aromatic carbocycles. The van der Waals surface area contributed by atoms with Crippen LogP contribution in [-0.2, 0) is 4.79 Å². The van der Waals surface area contributed by atoms with Crippen molar-refractivity contribution in [3.8, 4) is 5.75 Å². The van der Waals surface area contributed by atoms with Gasteiger partial charge in [0.2, 0.25) is 0 Å². The number of hydrogen-bond donors (Lipinski definition) is 1. The van der Waals surface area contributed by atoms with E-state index in [1.165, 1.54) is 36.4 Å². The van der Waals surface area contributed by atoms with Crippen molar-refractivity contribution >= 4 is 34.8 Å². The molecule has 1 heterocycles. The van der Waals surface area contributed by atoms with Crippen molar-refractivity contribution in [1.29, 1.82) is 0 Å². The summed E-state index contributed by atoms with van der Waals surface area (Å²) >= 11 is 0. The molecule has 0 bridgehead atoms. The summed E-state index contributed by atoms with van der Waals surface area (Å²) in [5.41, 5.74) is 0.563. The lowest BCUT2D eigenvalue weighted by molar-refractivity contribution is -0.385. The SMILES string of the molecule is CC1=NN(c2ccc([N+](=O)[O-])cc2)C(=O)/C1=C\c1cc([N+](=O)[O-])ccc1O.